The number of benzene rings is 1. The van der Waals surface area contributed by atoms with Crippen LogP contribution in [0, 0.1) is 12.7 Å². The standard InChI is InChI=1S/C13H12FN3O/c1-7-3-2-4-8(11(7)14)10-6-5-9(15)12(17-10)13(16)18/h2-6H,15H2,1H3,(H2,16,18). The minimum atomic E-state index is -0.734. The Balaban J connectivity index is 2.62. The van der Waals surface area contributed by atoms with Gasteiger partial charge in [-0.2, -0.15) is 0 Å². The van der Waals surface area contributed by atoms with Gasteiger partial charge in [0.1, 0.15) is 5.82 Å². The minimum Gasteiger partial charge on any atom is -0.397 e. The van der Waals surface area contributed by atoms with Crippen LogP contribution in [0.4, 0.5) is 10.1 Å². The SMILES string of the molecule is Cc1cccc(-c2ccc(N)c(C(N)=O)n2)c1F. The number of nitrogens with two attached hydrogens (primary N) is 2. The van der Waals surface area contributed by atoms with Gasteiger partial charge in [-0.3, -0.25) is 4.79 Å². The van der Waals surface area contributed by atoms with Crippen molar-refractivity contribution in [2.75, 3.05) is 5.73 Å². The Labute approximate surface area is 103 Å². The predicted octanol–water partition coefficient (Wildman–Crippen LogP) is 1.88. The zero-order chi connectivity index (χ0) is 13.3. The lowest BCUT2D eigenvalue weighted by molar-refractivity contribution is 0.0996. The fraction of sp³-hybridized carbons (Fsp3) is 0.0769. The predicted molar refractivity (Wildman–Crippen MR) is 67.3 cm³/mol. The normalized spacial score (nSPS) is 10.3. The molecule has 0 aliphatic heterocycles. The van der Waals surface area contributed by atoms with Crippen molar-refractivity contribution in [3.63, 3.8) is 0 Å². The molecule has 1 amide bonds. The fourth-order valence-corrected chi connectivity index (χ4v) is 1.66. The summed E-state index contributed by atoms with van der Waals surface area (Å²) in [6.45, 7) is 1.66. The lowest BCUT2D eigenvalue weighted by atomic mass is 10.1. The van der Waals surface area contributed by atoms with Crippen molar-refractivity contribution < 1.29 is 9.18 Å². The molecule has 2 aromatic rings. The largest absolute Gasteiger partial charge is 0.397 e. The number of aromatic nitrogens is 1. The molecule has 1 aromatic carbocycles. The molecule has 18 heavy (non-hydrogen) atoms. The number of aryl methyl sites for hydroxylation is 1. The van der Waals surface area contributed by atoms with Crippen molar-refractivity contribution in [2.45, 2.75) is 6.92 Å². The summed E-state index contributed by atoms with van der Waals surface area (Å²) in [7, 11) is 0. The molecule has 0 fully saturated rings. The second-order valence-electron chi connectivity index (χ2n) is 3.94. The number of hydrogen-bond donors (Lipinski definition) is 2. The van der Waals surface area contributed by atoms with Crippen LogP contribution in [0.1, 0.15) is 16.1 Å². The zero-order valence-electron chi connectivity index (χ0n) is 9.77. The topological polar surface area (TPSA) is 82.0 Å². The summed E-state index contributed by atoms with van der Waals surface area (Å²) in [4.78, 5) is 15.1. The second kappa shape index (κ2) is 4.44. The molecular formula is C13H12FN3O. The molecule has 0 radical (unpaired) electrons. The summed E-state index contributed by atoms with van der Waals surface area (Å²) >= 11 is 0. The van der Waals surface area contributed by atoms with Crippen LogP contribution in [-0.2, 0) is 0 Å². The number of carbonyl (C=O) groups is 1. The number of primary amides is 1. The molecule has 2 rings (SSSR count). The highest BCUT2D eigenvalue weighted by atomic mass is 19.1. The van der Waals surface area contributed by atoms with E-state index in [4.69, 9.17) is 11.5 Å². The zero-order valence-corrected chi connectivity index (χ0v) is 9.77. The number of anilines is 1. The van der Waals surface area contributed by atoms with Crippen LogP contribution in [0.5, 0.6) is 0 Å². The van der Waals surface area contributed by atoms with E-state index in [0.29, 0.717) is 16.8 Å². The van der Waals surface area contributed by atoms with Gasteiger partial charge in [0.2, 0.25) is 0 Å². The molecule has 4 nitrogen and oxygen atoms in total. The van der Waals surface area contributed by atoms with Gasteiger partial charge >= 0.3 is 0 Å². The van der Waals surface area contributed by atoms with Crippen LogP contribution in [0.2, 0.25) is 0 Å². The van der Waals surface area contributed by atoms with E-state index in [-0.39, 0.29) is 17.2 Å². The van der Waals surface area contributed by atoms with E-state index in [1.165, 1.54) is 6.07 Å². The summed E-state index contributed by atoms with van der Waals surface area (Å²) in [5.41, 5.74) is 12.0. The van der Waals surface area contributed by atoms with Crippen LogP contribution in [0.25, 0.3) is 11.3 Å². The first-order valence-electron chi connectivity index (χ1n) is 5.32. The molecule has 0 saturated heterocycles. The Morgan fingerprint density at radius 3 is 2.67 bits per heavy atom. The molecule has 4 N–H and O–H groups in total. The van der Waals surface area contributed by atoms with E-state index in [1.54, 1.807) is 31.2 Å². The highest BCUT2D eigenvalue weighted by Gasteiger charge is 2.13. The van der Waals surface area contributed by atoms with Gasteiger partial charge in [0.15, 0.2) is 5.69 Å². The lowest BCUT2D eigenvalue weighted by Gasteiger charge is -2.07. The third-order valence-electron chi connectivity index (χ3n) is 2.63. The Bertz CT molecular complexity index is 626. The smallest absolute Gasteiger partial charge is 0.269 e. The van der Waals surface area contributed by atoms with E-state index in [0.717, 1.165) is 0 Å². The van der Waals surface area contributed by atoms with Gasteiger partial charge in [-0.1, -0.05) is 12.1 Å². The molecule has 1 aromatic heterocycles. The molecule has 0 unspecified atom stereocenters. The first-order chi connectivity index (χ1) is 8.50. The average Bonchev–Trinajstić information content (AvgIpc) is 2.33. The van der Waals surface area contributed by atoms with Gasteiger partial charge in [-0.25, -0.2) is 9.37 Å². The molecule has 0 bridgehead atoms. The molecular weight excluding hydrogens is 233 g/mol. The number of rotatable bonds is 2. The van der Waals surface area contributed by atoms with E-state index in [9.17, 15) is 9.18 Å². The Hall–Kier alpha value is -2.43. The number of carbonyl (C=O) groups excluding carboxylic acids is 1. The summed E-state index contributed by atoms with van der Waals surface area (Å²) in [6.07, 6.45) is 0. The van der Waals surface area contributed by atoms with Crippen LogP contribution in [0.3, 0.4) is 0 Å². The fourth-order valence-electron chi connectivity index (χ4n) is 1.66. The molecule has 0 spiro atoms. The number of nitrogen functional groups attached to an aromatic ring is 1. The van der Waals surface area contributed by atoms with Gasteiger partial charge in [0.05, 0.1) is 11.4 Å². The van der Waals surface area contributed by atoms with Crippen molar-refractivity contribution in [1.82, 2.24) is 4.98 Å². The maximum atomic E-state index is 13.9. The Morgan fingerprint density at radius 1 is 1.28 bits per heavy atom. The van der Waals surface area contributed by atoms with E-state index >= 15 is 0 Å². The first kappa shape index (κ1) is 12.0. The highest BCUT2D eigenvalue weighted by Crippen LogP contribution is 2.24. The summed E-state index contributed by atoms with van der Waals surface area (Å²) in [5.74, 6) is -1.10. The van der Waals surface area contributed by atoms with E-state index < -0.39 is 5.91 Å². The highest BCUT2D eigenvalue weighted by molar-refractivity contribution is 5.96. The molecule has 0 aliphatic rings. The van der Waals surface area contributed by atoms with Crippen LogP contribution in [0.15, 0.2) is 30.3 Å². The van der Waals surface area contributed by atoms with E-state index in [2.05, 4.69) is 4.98 Å². The number of halogens is 1. The van der Waals surface area contributed by atoms with Crippen LogP contribution >= 0.6 is 0 Å². The van der Waals surface area contributed by atoms with Gasteiger partial charge in [-0.15, -0.1) is 0 Å². The van der Waals surface area contributed by atoms with Gasteiger partial charge in [0, 0.05) is 5.56 Å². The molecule has 92 valence electrons. The Kier molecular flexibility index (Phi) is 2.97. The van der Waals surface area contributed by atoms with Crippen LogP contribution < -0.4 is 11.5 Å². The molecule has 0 atom stereocenters. The third kappa shape index (κ3) is 2.02. The van der Waals surface area contributed by atoms with Crippen LogP contribution in [-0.4, -0.2) is 10.9 Å². The van der Waals surface area contributed by atoms with Crippen molar-refractivity contribution in [1.29, 1.82) is 0 Å². The van der Waals surface area contributed by atoms with Gasteiger partial charge in [-0.05, 0) is 30.7 Å². The first-order valence-corrected chi connectivity index (χ1v) is 5.32. The number of pyridine rings is 1. The number of hydrogen-bond acceptors (Lipinski definition) is 3. The van der Waals surface area contributed by atoms with Crippen molar-refractivity contribution >= 4 is 11.6 Å². The lowest BCUT2D eigenvalue weighted by Crippen LogP contribution is -2.16. The number of nitrogens with zero attached hydrogens (tertiary/aromatic N) is 1. The maximum Gasteiger partial charge on any atom is 0.269 e. The van der Waals surface area contributed by atoms with Crippen molar-refractivity contribution in [3.05, 3.63) is 47.4 Å². The quantitative estimate of drug-likeness (QED) is 0.847. The molecule has 0 saturated carbocycles. The molecule has 5 heteroatoms. The average molecular weight is 245 g/mol. The minimum absolute atomic E-state index is 0.0478. The second-order valence-corrected chi connectivity index (χ2v) is 3.94. The third-order valence-corrected chi connectivity index (χ3v) is 2.63. The summed E-state index contributed by atoms with van der Waals surface area (Å²) < 4.78 is 13.9. The summed E-state index contributed by atoms with van der Waals surface area (Å²) in [5, 5.41) is 0. The summed E-state index contributed by atoms with van der Waals surface area (Å²) in [6, 6.07) is 8.01. The van der Waals surface area contributed by atoms with Crippen molar-refractivity contribution in [2.24, 2.45) is 5.73 Å². The molecule has 0 aliphatic carbocycles. The van der Waals surface area contributed by atoms with Gasteiger partial charge < -0.3 is 11.5 Å². The van der Waals surface area contributed by atoms with Gasteiger partial charge in [0.25, 0.3) is 5.91 Å². The number of amides is 1. The monoisotopic (exact) mass is 245 g/mol. The van der Waals surface area contributed by atoms with Crippen molar-refractivity contribution in [3.8, 4) is 11.3 Å². The maximum absolute atomic E-state index is 13.9. The molecule has 1 heterocycles. The Morgan fingerprint density at radius 2 is 2.00 bits per heavy atom. The van der Waals surface area contributed by atoms with E-state index in [1.807, 2.05) is 0 Å².